The van der Waals surface area contributed by atoms with Crippen molar-refractivity contribution in [2.45, 2.75) is 38.5 Å². The lowest BCUT2D eigenvalue weighted by atomic mass is 9.76. The van der Waals surface area contributed by atoms with Gasteiger partial charge < -0.3 is 10.0 Å². The normalized spacial score (nSPS) is 19.3. The zero-order valence-electron chi connectivity index (χ0n) is 27.4. The Morgan fingerprint density at radius 1 is 0.577 bits per heavy atom. The molecule has 0 aromatic heterocycles. The zero-order valence-corrected chi connectivity index (χ0v) is 27.4. The second-order valence-electron chi connectivity index (χ2n) is 13.6. The van der Waals surface area contributed by atoms with Crippen molar-refractivity contribution >= 4 is 44.4 Å². The molecule has 0 saturated heterocycles. The van der Waals surface area contributed by atoms with E-state index in [4.69, 9.17) is 0 Å². The molecule has 4 aromatic carbocycles. The van der Waals surface area contributed by atoms with E-state index in [1.54, 1.807) is 0 Å². The van der Waals surface area contributed by atoms with Gasteiger partial charge in [-0.1, -0.05) is 13.8 Å². The van der Waals surface area contributed by atoms with Crippen LogP contribution in [0.5, 0.6) is 0 Å². The molecule has 0 spiro atoms. The van der Waals surface area contributed by atoms with Crippen LogP contribution in [0.15, 0.2) is 34.8 Å². The third-order valence-electron chi connectivity index (χ3n) is 10.2. The summed E-state index contributed by atoms with van der Waals surface area (Å²) in [7, 11) is 2.30. The molecule has 0 saturated carbocycles. The number of benzene rings is 4. The molecule has 0 unspecified atom stereocenters. The lowest BCUT2D eigenvalue weighted by Crippen LogP contribution is -2.31. The van der Waals surface area contributed by atoms with Crippen molar-refractivity contribution in [2.75, 3.05) is 19.0 Å². The van der Waals surface area contributed by atoms with E-state index in [1.807, 2.05) is 0 Å². The number of fused-ring (bicyclic) bond motifs is 6. The van der Waals surface area contributed by atoms with Gasteiger partial charge in [-0.05, 0) is 19.9 Å². The third kappa shape index (κ3) is 3.97. The number of aliphatic hydroxyl groups is 1. The molecule has 0 fully saturated rings. The molecule has 4 nitrogen and oxygen atoms in total. The molecule has 52 heavy (non-hydrogen) atoms. The summed E-state index contributed by atoms with van der Waals surface area (Å²) in [5.41, 5.74) is -6.96. The average molecular weight is 742 g/mol. The van der Waals surface area contributed by atoms with E-state index in [-0.39, 0.29) is 11.4 Å². The maximum Gasteiger partial charge on any atom is 0.249 e. The maximum absolute atomic E-state index is 15.5. The second kappa shape index (κ2) is 10.6. The number of Topliss-reactive ketones (excluding diaryl/α,β-unsaturated/α-hetero) is 1. The molecule has 1 aliphatic carbocycles. The average Bonchev–Trinajstić information content (AvgIpc) is 3.41. The number of nitrogens with zero attached hydrogens (tertiary/aromatic N) is 2. The first-order chi connectivity index (χ1) is 24.0. The third-order valence-corrected chi connectivity index (χ3v) is 10.2. The SMILES string of the molecule is CN1/C(=C/C2=C(O)C(=C/C3=[N+](C)c4c(F)c(F)c5c(F)c(F)c(F)c(F)c5c4C3(C)C)/C2=O)C(C)(C)c2c1c(F)c(F)c1c(F)c(F)c(F)c(F)c21. The molecule has 1 N–H and O–H groups in total. The van der Waals surface area contributed by atoms with Gasteiger partial charge in [-0.3, -0.25) is 4.79 Å². The summed E-state index contributed by atoms with van der Waals surface area (Å²) in [4.78, 5) is 14.4. The van der Waals surface area contributed by atoms with Crippen LogP contribution in [0.1, 0.15) is 38.8 Å². The number of rotatable bonds is 2. The Balaban J connectivity index is 1.39. The van der Waals surface area contributed by atoms with E-state index in [9.17, 15) is 36.2 Å². The number of likely N-dealkylation sites (N-methyl/N-ethyl adjacent to an activating group) is 1. The fraction of sp³-hybridized carbons (Fsp3) is 0.222. The van der Waals surface area contributed by atoms with Crippen LogP contribution in [0.4, 0.5) is 64.1 Å². The Bertz CT molecular complexity index is 2600. The van der Waals surface area contributed by atoms with Gasteiger partial charge in [0.2, 0.25) is 17.3 Å². The quantitative estimate of drug-likeness (QED) is 0.0733. The number of carbonyl (C=O) groups is 1. The molecule has 0 bridgehead atoms. The van der Waals surface area contributed by atoms with Gasteiger partial charge >= 0.3 is 0 Å². The Kier molecular flexibility index (Phi) is 7.19. The van der Waals surface area contributed by atoms with Gasteiger partial charge in [0.25, 0.3) is 0 Å². The lowest BCUT2D eigenvalue weighted by molar-refractivity contribution is -0.404. The molecule has 0 amide bonds. The standard InChI is InChI=1S/C36H20F12N2O2/c1-35(2)11(49(5)31-17(35)13-15(23(41)29(31)47)21(39)27(45)25(43)19(13)37)7-9-33(51)10(34(9)52)8-12-36(3,4)18-14-16(22(40)28(46)26(44)20(14)38)24(42)30(48)32(18)50(12)6/h7-8H,1-6H3/p+1. The van der Waals surface area contributed by atoms with E-state index in [1.165, 1.54) is 27.7 Å². The van der Waals surface area contributed by atoms with Gasteiger partial charge in [-0.15, -0.1) is 0 Å². The minimum absolute atomic E-state index is 0.124. The van der Waals surface area contributed by atoms with E-state index >= 15 is 26.3 Å². The Hall–Kier alpha value is -5.28. The highest BCUT2D eigenvalue weighted by molar-refractivity contribution is 6.24. The molecule has 2 aliphatic heterocycles. The van der Waals surface area contributed by atoms with Gasteiger partial charge in [-0.2, -0.15) is 8.97 Å². The minimum Gasteiger partial charge on any atom is -0.506 e. The first-order valence-corrected chi connectivity index (χ1v) is 15.1. The molecule has 0 atom stereocenters. The Morgan fingerprint density at radius 3 is 1.48 bits per heavy atom. The van der Waals surface area contributed by atoms with Crippen LogP contribution in [-0.2, 0) is 15.6 Å². The van der Waals surface area contributed by atoms with Crippen molar-refractivity contribution < 1.29 is 67.2 Å². The topological polar surface area (TPSA) is 43.5 Å². The molecule has 0 radical (unpaired) electrons. The molecule has 270 valence electrons. The van der Waals surface area contributed by atoms with Gasteiger partial charge in [0.15, 0.2) is 69.7 Å². The number of hydrogen-bond donors (Lipinski definition) is 1. The number of ketones is 1. The summed E-state index contributed by atoms with van der Waals surface area (Å²) < 4.78 is 179. The summed E-state index contributed by atoms with van der Waals surface area (Å²) >= 11 is 0. The number of allylic oxidation sites excluding steroid dienone is 5. The predicted molar refractivity (Wildman–Crippen MR) is 164 cm³/mol. The number of halogens is 12. The smallest absolute Gasteiger partial charge is 0.249 e. The van der Waals surface area contributed by atoms with E-state index in [0.717, 1.165) is 35.7 Å². The van der Waals surface area contributed by atoms with Gasteiger partial charge in [0, 0.05) is 40.6 Å². The molecule has 3 aliphatic rings. The molecule has 4 aromatic rings. The zero-order chi connectivity index (χ0) is 38.6. The monoisotopic (exact) mass is 741 g/mol. The van der Waals surface area contributed by atoms with Crippen molar-refractivity contribution in [1.82, 2.24) is 0 Å². The first kappa shape index (κ1) is 35.1. The van der Waals surface area contributed by atoms with Crippen molar-refractivity contribution in [3.63, 3.8) is 0 Å². The van der Waals surface area contributed by atoms with Gasteiger partial charge in [-0.25, -0.2) is 48.3 Å². The Morgan fingerprint density at radius 2 is 1.00 bits per heavy atom. The highest BCUT2D eigenvalue weighted by Crippen LogP contribution is 2.54. The van der Waals surface area contributed by atoms with Crippen molar-refractivity contribution in [1.29, 1.82) is 0 Å². The van der Waals surface area contributed by atoms with E-state index in [0.29, 0.717) is 0 Å². The van der Waals surface area contributed by atoms with E-state index < -0.39 is 147 Å². The number of aliphatic hydroxyl groups excluding tert-OH is 1. The molecule has 2 heterocycles. The predicted octanol–water partition coefficient (Wildman–Crippen LogP) is 9.30. The van der Waals surface area contributed by atoms with Crippen LogP contribution in [0.3, 0.4) is 0 Å². The van der Waals surface area contributed by atoms with Crippen LogP contribution >= 0.6 is 0 Å². The molecular weight excluding hydrogens is 720 g/mol. The number of hydrogen-bond acceptors (Lipinski definition) is 3. The van der Waals surface area contributed by atoms with Crippen LogP contribution in [-0.4, -0.2) is 35.3 Å². The number of carbonyl (C=O) groups excluding carboxylic acids is 1. The highest BCUT2D eigenvalue weighted by Gasteiger charge is 2.51. The number of anilines is 1. The minimum atomic E-state index is -2.37. The summed E-state index contributed by atoms with van der Waals surface area (Å²) in [5.74, 6) is -26.8. The van der Waals surface area contributed by atoms with E-state index in [2.05, 4.69) is 0 Å². The van der Waals surface area contributed by atoms with Gasteiger partial charge in [0.1, 0.15) is 12.8 Å². The fourth-order valence-electron chi connectivity index (χ4n) is 7.75. The lowest BCUT2D eigenvalue weighted by Gasteiger charge is -2.27. The largest absolute Gasteiger partial charge is 0.506 e. The van der Waals surface area contributed by atoms with Crippen molar-refractivity contribution in [2.24, 2.45) is 0 Å². The summed E-state index contributed by atoms with van der Waals surface area (Å²) in [5, 5.41) is 5.91. The van der Waals surface area contributed by atoms with Crippen LogP contribution in [0.2, 0.25) is 0 Å². The second-order valence-corrected chi connectivity index (χ2v) is 13.6. The van der Waals surface area contributed by atoms with Crippen LogP contribution in [0, 0.1) is 69.8 Å². The fourth-order valence-corrected chi connectivity index (χ4v) is 7.75. The van der Waals surface area contributed by atoms with Crippen LogP contribution < -0.4 is 4.90 Å². The Labute approximate surface area is 284 Å². The molecule has 7 rings (SSSR count). The molecular formula is C36H21F12N2O2+. The first-order valence-electron chi connectivity index (χ1n) is 15.1. The van der Waals surface area contributed by atoms with Crippen molar-refractivity contribution in [3.8, 4) is 0 Å². The van der Waals surface area contributed by atoms with Crippen LogP contribution in [0.25, 0.3) is 21.5 Å². The summed E-state index contributed by atoms with van der Waals surface area (Å²) in [6.45, 7) is 5.19. The van der Waals surface area contributed by atoms with Gasteiger partial charge in [0.05, 0.1) is 38.6 Å². The highest BCUT2D eigenvalue weighted by atomic mass is 19.2. The molecule has 16 heteroatoms. The summed E-state index contributed by atoms with van der Waals surface area (Å²) in [6.07, 6.45) is 2.01. The summed E-state index contributed by atoms with van der Waals surface area (Å²) in [6, 6.07) is 0. The maximum atomic E-state index is 15.5. The van der Waals surface area contributed by atoms with Crippen molar-refractivity contribution in [3.05, 3.63) is 116 Å².